The van der Waals surface area contributed by atoms with E-state index in [1.54, 1.807) is 0 Å². The second kappa shape index (κ2) is 13.2. The topological polar surface area (TPSA) is 103 Å². The van der Waals surface area contributed by atoms with Crippen molar-refractivity contribution in [2.45, 2.75) is 18.4 Å². The lowest BCUT2D eigenvalue weighted by atomic mass is 9.76. The fraction of sp³-hybridized carbons (Fsp3) is 0.308. The molecule has 0 aliphatic carbocycles. The number of hydrazine groups is 3. The maximum atomic E-state index is 8.92. The molecule has 0 radical (unpaired) electrons. The third kappa shape index (κ3) is 6.04. The molecule has 0 aromatic heterocycles. The van der Waals surface area contributed by atoms with Crippen LogP contribution >= 0.6 is 0 Å². The monoisotopic (exact) mass is 448 g/mol. The highest BCUT2D eigenvalue weighted by Gasteiger charge is 2.44. The maximum Gasteiger partial charge on any atom is 0.112 e. The third-order valence-electron chi connectivity index (χ3n) is 5.74. The van der Waals surface area contributed by atoms with E-state index in [0.717, 1.165) is 29.5 Å². The van der Waals surface area contributed by atoms with Crippen LogP contribution in [0.4, 0.5) is 0 Å². The van der Waals surface area contributed by atoms with Crippen LogP contribution < -0.4 is 22.4 Å². The van der Waals surface area contributed by atoms with Crippen LogP contribution in [0.2, 0.25) is 0 Å². The van der Waals surface area contributed by atoms with Gasteiger partial charge in [0.15, 0.2) is 0 Å². The van der Waals surface area contributed by atoms with Crippen LogP contribution in [0.1, 0.15) is 29.5 Å². The van der Waals surface area contributed by atoms with Gasteiger partial charge in [0, 0.05) is 19.6 Å². The molecule has 0 atom stereocenters. The highest BCUT2D eigenvalue weighted by atomic mass is 16.3. The lowest BCUT2D eigenvalue weighted by molar-refractivity contribution is -0.0865. The molecule has 3 rings (SSSR count). The quantitative estimate of drug-likeness (QED) is 0.0847. The highest BCUT2D eigenvalue weighted by Crippen LogP contribution is 2.42. The minimum atomic E-state index is -0.634. The number of hydrogen-bond donors (Lipinski definition) is 5. The number of benzene rings is 3. The predicted molar refractivity (Wildman–Crippen MR) is 133 cm³/mol. The van der Waals surface area contributed by atoms with Crippen molar-refractivity contribution < 1.29 is 5.11 Å². The largest absolute Gasteiger partial charge is 0.380 e. The number of rotatable bonds is 14. The molecule has 0 unspecified atom stereocenters. The molecular formula is C26H36N6O. The molecule has 0 amide bonds. The Hall–Kier alpha value is -2.62. The molecule has 7 N–H and O–H groups in total. The summed E-state index contributed by atoms with van der Waals surface area (Å²) in [6.07, 6.45) is 1.59. The van der Waals surface area contributed by atoms with Crippen molar-refractivity contribution in [3.8, 4) is 0 Å². The fourth-order valence-corrected chi connectivity index (χ4v) is 4.31. The van der Waals surface area contributed by atoms with Gasteiger partial charge in [0.25, 0.3) is 0 Å². The van der Waals surface area contributed by atoms with Gasteiger partial charge in [0.05, 0.1) is 0 Å². The van der Waals surface area contributed by atoms with E-state index in [2.05, 4.69) is 88.7 Å². The van der Waals surface area contributed by atoms with Crippen molar-refractivity contribution in [1.82, 2.24) is 21.0 Å². The Morgan fingerprint density at radius 3 is 1.61 bits per heavy atom. The van der Waals surface area contributed by atoms with Crippen molar-refractivity contribution in [3.63, 3.8) is 0 Å². The van der Waals surface area contributed by atoms with Gasteiger partial charge in [-0.1, -0.05) is 91.0 Å². The lowest BCUT2D eigenvalue weighted by Gasteiger charge is -2.49. The zero-order valence-corrected chi connectivity index (χ0v) is 19.1. The predicted octanol–water partition coefficient (Wildman–Crippen LogP) is 2.15. The molecule has 0 fully saturated rings. The van der Waals surface area contributed by atoms with E-state index in [-0.39, 0.29) is 6.73 Å². The molecule has 7 nitrogen and oxygen atoms in total. The van der Waals surface area contributed by atoms with Crippen LogP contribution in [0.5, 0.6) is 0 Å². The van der Waals surface area contributed by atoms with Crippen LogP contribution in [0.3, 0.4) is 0 Å². The summed E-state index contributed by atoms with van der Waals surface area (Å²) in [5.41, 5.74) is 14.4. The Balaban J connectivity index is 2.13. The molecule has 0 saturated carbocycles. The fourth-order valence-electron chi connectivity index (χ4n) is 4.31. The number of nitrogens with zero attached hydrogens (tertiary/aromatic N) is 2. The molecule has 3 aromatic carbocycles. The van der Waals surface area contributed by atoms with E-state index in [1.165, 1.54) is 0 Å². The average molecular weight is 449 g/mol. The number of aliphatic hydroxyl groups is 1. The molecule has 0 bridgehead atoms. The first kappa shape index (κ1) is 25.0. The highest BCUT2D eigenvalue weighted by molar-refractivity contribution is 5.49. The standard InChI is InChI=1S/C26H36N6O/c27-18-10-20-31(32(28)21-11-19-29-30-22-33)26(23-12-4-1-5-13-23,24-14-6-2-7-15-24)25-16-8-3-9-17-25/h1-9,12-17,29-30,33H,10-11,18-22,27-28H2. The van der Waals surface area contributed by atoms with Crippen molar-refractivity contribution >= 4 is 0 Å². The van der Waals surface area contributed by atoms with Gasteiger partial charge in [-0.3, -0.25) is 11.3 Å². The first-order valence-corrected chi connectivity index (χ1v) is 11.5. The molecular weight excluding hydrogens is 412 g/mol. The minimum absolute atomic E-state index is 0.117. The molecule has 0 saturated heterocycles. The van der Waals surface area contributed by atoms with Crippen LogP contribution in [0.25, 0.3) is 0 Å². The van der Waals surface area contributed by atoms with Gasteiger partial charge < -0.3 is 10.8 Å². The van der Waals surface area contributed by atoms with Gasteiger partial charge >= 0.3 is 0 Å². The first-order valence-electron chi connectivity index (χ1n) is 11.5. The van der Waals surface area contributed by atoms with Gasteiger partial charge in [-0.15, -0.1) is 0 Å². The summed E-state index contributed by atoms with van der Waals surface area (Å²) in [7, 11) is 0. The number of hydrogen-bond acceptors (Lipinski definition) is 7. The summed E-state index contributed by atoms with van der Waals surface area (Å²) in [5.74, 6) is 6.79. The molecule has 7 heteroatoms. The van der Waals surface area contributed by atoms with Gasteiger partial charge in [-0.05, 0) is 36.1 Å². The summed E-state index contributed by atoms with van der Waals surface area (Å²) < 4.78 is 0. The summed E-state index contributed by atoms with van der Waals surface area (Å²) >= 11 is 0. The lowest BCUT2D eigenvalue weighted by Crippen LogP contribution is -2.60. The average Bonchev–Trinajstić information content (AvgIpc) is 2.88. The summed E-state index contributed by atoms with van der Waals surface area (Å²) in [4.78, 5) is 0. The van der Waals surface area contributed by atoms with E-state index < -0.39 is 5.54 Å². The number of nitrogens with two attached hydrogens (primary N) is 2. The van der Waals surface area contributed by atoms with E-state index >= 15 is 0 Å². The van der Waals surface area contributed by atoms with Crippen LogP contribution in [-0.4, -0.2) is 48.1 Å². The van der Waals surface area contributed by atoms with E-state index in [9.17, 15) is 0 Å². The maximum absolute atomic E-state index is 8.92. The van der Waals surface area contributed by atoms with Crippen molar-refractivity contribution in [2.75, 3.05) is 32.9 Å². The van der Waals surface area contributed by atoms with Crippen molar-refractivity contribution in [3.05, 3.63) is 108 Å². The minimum Gasteiger partial charge on any atom is -0.380 e. The van der Waals surface area contributed by atoms with Crippen molar-refractivity contribution in [1.29, 1.82) is 0 Å². The molecule has 0 aliphatic rings. The Kier molecular flexibility index (Phi) is 9.99. The van der Waals surface area contributed by atoms with Crippen LogP contribution in [0.15, 0.2) is 91.0 Å². The Labute approximate surface area is 196 Å². The van der Waals surface area contributed by atoms with Crippen molar-refractivity contribution in [2.24, 2.45) is 11.6 Å². The zero-order chi connectivity index (χ0) is 23.4. The van der Waals surface area contributed by atoms with Gasteiger partial charge in [0.1, 0.15) is 12.3 Å². The summed E-state index contributed by atoms with van der Waals surface area (Å²) in [6, 6.07) is 31.5. The molecule has 3 aromatic rings. The number of nitrogens with one attached hydrogen (secondary N) is 2. The summed E-state index contributed by atoms with van der Waals surface area (Å²) in [5, 5.41) is 13.0. The number of aliphatic hydroxyl groups excluding tert-OH is 1. The molecule has 0 heterocycles. The van der Waals surface area contributed by atoms with Gasteiger partial charge in [-0.2, -0.15) is 5.12 Å². The smallest absolute Gasteiger partial charge is 0.112 e. The molecule has 33 heavy (non-hydrogen) atoms. The van der Waals surface area contributed by atoms with Crippen LogP contribution in [-0.2, 0) is 5.54 Å². The summed E-state index contributed by atoms with van der Waals surface area (Å²) in [6.45, 7) is 2.44. The van der Waals surface area contributed by atoms with E-state index in [4.69, 9.17) is 16.7 Å². The Morgan fingerprint density at radius 2 is 1.18 bits per heavy atom. The Morgan fingerprint density at radius 1 is 0.697 bits per heavy atom. The van der Waals surface area contributed by atoms with Crippen LogP contribution in [0, 0.1) is 0 Å². The third-order valence-corrected chi connectivity index (χ3v) is 5.74. The second-order valence-electron chi connectivity index (χ2n) is 7.85. The molecule has 176 valence electrons. The van der Waals surface area contributed by atoms with E-state index in [0.29, 0.717) is 26.2 Å². The van der Waals surface area contributed by atoms with Gasteiger partial charge in [0.2, 0.25) is 0 Å². The normalized spacial score (nSPS) is 11.9. The SMILES string of the molecule is NCCCN(N(N)CCCNNCO)C(c1ccccc1)(c1ccccc1)c1ccccc1. The Bertz CT molecular complexity index is 813. The molecule has 0 spiro atoms. The van der Waals surface area contributed by atoms with Gasteiger partial charge in [-0.25, -0.2) is 10.4 Å². The molecule has 0 aliphatic heterocycles. The van der Waals surface area contributed by atoms with E-state index in [1.807, 2.05) is 23.3 Å². The first-order chi connectivity index (χ1) is 16.2. The zero-order valence-electron chi connectivity index (χ0n) is 19.1. The second-order valence-corrected chi connectivity index (χ2v) is 7.85.